The third kappa shape index (κ3) is 4.20. The molecule has 5 nitrogen and oxygen atoms in total. The summed E-state index contributed by atoms with van der Waals surface area (Å²) >= 11 is 0. The summed E-state index contributed by atoms with van der Waals surface area (Å²) in [6.07, 6.45) is 4.51. The van der Waals surface area contributed by atoms with Crippen molar-refractivity contribution >= 4 is 9.84 Å². The fourth-order valence-electron chi connectivity index (χ4n) is 3.10. The number of rotatable bonds is 4. The van der Waals surface area contributed by atoms with Gasteiger partial charge < -0.3 is 4.57 Å². The summed E-state index contributed by atoms with van der Waals surface area (Å²) in [5.74, 6) is 1.53. The monoisotopic (exact) mass is 333 g/mol. The molecule has 1 aromatic carbocycles. The summed E-state index contributed by atoms with van der Waals surface area (Å²) in [6, 6.07) is 10.3. The van der Waals surface area contributed by atoms with E-state index in [0.717, 1.165) is 18.9 Å². The Bertz CT molecular complexity index is 740. The van der Waals surface area contributed by atoms with Crippen molar-refractivity contribution in [3.05, 3.63) is 54.1 Å². The molecule has 2 aromatic rings. The normalized spacial score (nSPS) is 21.9. The van der Waals surface area contributed by atoms with Crippen LogP contribution in [0.1, 0.15) is 24.7 Å². The number of hydrogen-bond donors (Lipinski definition) is 0. The van der Waals surface area contributed by atoms with Crippen molar-refractivity contribution in [3.8, 4) is 0 Å². The van der Waals surface area contributed by atoms with Gasteiger partial charge in [0, 0.05) is 25.0 Å². The number of hydrogen-bond acceptors (Lipinski definition) is 4. The highest BCUT2D eigenvalue weighted by Gasteiger charge is 2.26. The second-order valence-electron chi connectivity index (χ2n) is 6.24. The molecule has 0 amide bonds. The van der Waals surface area contributed by atoms with Gasteiger partial charge in [-0.15, -0.1) is 0 Å². The van der Waals surface area contributed by atoms with Crippen molar-refractivity contribution in [2.45, 2.75) is 32.5 Å². The topological polar surface area (TPSA) is 55.2 Å². The van der Waals surface area contributed by atoms with Crippen molar-refractivity contribution in [3.63, 3.8) is 0 Å². The summed E-state index contributed by atoms with van der Waals surface area (Å²) in [4.78, 5) is 6.71. The van der Waals surface area contributed by atoms with Crippen LogP contribution in [0.25, 0.3) is 0 Å². The van der Waals surface area contributed by atoms with Gasteiger partial charge in [-0.05, 0) is 25.5 Å². The van der Waals surface area contributed by atoms with Gasteiger partial charge in [-0.25, -0.2) is 13.4 Å². The summed E-state index contributed by atoms with van der Waals surface area (Å²) in [6.45, 7) is 4.28. The Morgan fingerprint density at radius 3 is 2.78 bits per heavy atom. The quantitative estimate of drug-likeness (QED) is 0.858. The molecule has 23 heavy (non-hydrogen) atoms. The maximum atomic E-state index is 11.9. The van der Waals surface area contributed by atoms with Crippen molar-refractivity contribution in [1.29, 1.82) is 0 Å². The summed E-state index contributed by atoms with van der Waals surface area (Å²) < 4.78 is 25.9. The number of sulfone groups is 1. The van der Waals surface area contributed by atoms with Crippen LogP contribution >= 0.6 is 0 Å². The summed E-state index contributed by atoms with van der Waals surface area (Å²) in [5, 5.41) is 0. The largest absolute Gasteiger partial charge is 0.329 e. The molecule has 3 rings (SSSR count). The molecule has 1 fully saturated rings. The smallest absolute Gasteiger partial charge is 0.151 e. The average molecular weight is 333 g/mol. The highest BCUT2D eigenvalue weighted by molar-refractivity contribution is 7.91. The Morgan fingerprint density at radius 2 is 2.00 bits per heavy atom. The molecular formula is C17H23N3O2S. The maximum absolute atomic E-state index is 11.9. The number of benzene rings is 1. The first-order valence-corrected chi connectivity index (χ1v) is 9.84. The molecule has 1 unspecified atom stereocenters. The Balaban J connectivity index is 1.72. The zero-order chi connectivity index (χ0) is 16.3. The second-order valence-corrected chi connectivity index (χ2v) is 8.47. The van der Waals surface area contributed by atoms with E-state index in [2.05, 4.69) is 26.6 Å². The van der Waals surface area contributed by atoms with Crippen LogP contribution in [-0.2, 0) is 22.9 Å². The first-order chi connectivity index (χ1) is 11.0. The molecule has 1 aliphatic heterocycles. The highest BCUT2D eigenvalue weighted by atomic mass is 32.2. The molecular weight excluding hydrogens is 310 g/mol. The predicted molar refractivity (Wildman–Crippen MR) is 90.9 cm³/mol. The second kappa shape index (κ2) is 6.84. The zero-order valence-electron chi connectivity index (χ0n) is 13.4. The molecule has 1 aromatic heterocycles. The van der Waals surface area contributed by atoms with Crippen LogP contribution in [0.3, 0.4) is 0 Å². The lowest BCUT2D eigenvalue weighted by atomic mass is 10.2. The van der Waals surface area contributed by atoms with E-state index >= 15 is 0 Å². The molecule has 0 saturated carbocycles. The Labute approximate surface area is 137 Å². The summed E-state index contributed by atoms with van der Waals surface area (Å²) in [7, 11) is -2.91. The van der Waals surface area contributed by atoms with Crippen molar-refractivity contribution < 1.29 is 8.42 Å². The Morgan fingerprint density at radius 1 is 1.22 bits per heavy atom. The minimum absolute atomic E-state index is 0.0318. The number of imidazole rings is 1. The molecule has 124 valence electrons. The van der Waals surface area contributed by atoms with Crippen LogP contribution in [0.2, 0.25) is 0 Å². The fraction of sp³-hybridized carbons (Fsp3) is 0.471. The average Bonchev–Trinajstić information content (AvgIpc) is 2.88. The minimum atomic E-state index is -2.91. The van der Waals surface area contributed by atoms with E-state index in [1.165, 1.54) is 5.56 Å². The molecule has 0 radical (unpaired) electrons. The minimum Gasteiger partial charge on any atom is -0.329 e. The van der Waals surface area contributed by atoms with Gasteiger partial charge in [0.15, 0.2) is 9.84 Å². The van der Waals surface area contributed by atoms with Crippen molar-refractivity contribution in [2.24, 2.45) is 0 Å². The first kappa shape index (κ1) is 16.2. The van der Waals surface area contributed by atoms with Gasteiger partial charge in [-0.1, -0.05) is 30.3 Å². The maximum Gasteiger partial charge on any atom is 0.151 e. The van der Waals surface area contributed by atoms with E-state index in [0.29, 0.717) is 18.7 Å². The van der Waals surface area contributed by atoms with Crippen LogP contribution < -0.4 is 0 Å². The van der Waals surface area contributed by atoms with Gasteiger partial charge in [0.1, 0.15) is 5.82 Å². The van der Waals surface area contributed by atoms with E-state index in [-0.39, 0.29) is 11.8 Å². The third-order valence-corrected chi connectivity index (χ3v) is 6.26. The van der Waals surface area contributed by atoms with Gasteiger partial charge in [0.2, 0.25) is 0 Å². The molecule has 1 aliphatic rings. The van der Waals surface area contributed by atoms with Crippen LogP contribution in [0.5, 0.6) is 0 Å². The van der Waals surface area contributed by atoms with Gasteiger partial charge in [0.05, 0.1) is 18.1 Å². The van der Waals surface area contributed by atoms with Crippen molar-refractivity contribution in [1.82, 2.24) is 14.5 Å². The predicted octanol–water partition coefficient (Wildman–Crippen LogP) is 1.94. The fourth-order valence-corrected chi connectivity index (χ4v) is 4.78. The van der Waals surface area contributed by atoms with Gasteiger partial charge in [-0.3, -0.25) is 4.90 Å². The van der Waals surface area contributed by atoms with E-state index in [4.69, 9.17) is 0 Å². The molecule has 2 heterocycles. The van der Waals surface area contributed by atoms with Gasteiger partial charge >= 0.3 is 0 Å². The summed E-state index contributed by atoms with van der Waals surface area (Å²) in [5.41, 5.74) is 1.23. The van der Waals surface area contributed by atoms with Gasteiger partial charge in [0.25, 0.3) is 0 Å². The lowest BCUT2D eigenvalue weighted by Crippen LogP contribution is -2.36. The molecule has 0 N–H and O–H groups in total. The van der Waals surface area contributed by atoms with Crippen molar-refractivity contribution in [2.75, 3.05) is 18.1 Å². The molecule has 0 bridgehead atoms. The number of nitrogens with zero attached hydrogens (tertiary/aromatic N) is 3. The van der Waals surface area contributed by atoms with Crippen LogP contribution in [-0.4, -0.2) is 47.0 Å². The molecule has 0 aliphatic carbocycles. The lowest BCUT2D eigenvalue weighted by molar-refractivity contribution is 0.212. The lowest BCUT2D eigenvalue weighted by Gasteiger charge is -2.26. The van der Waals surface area contributed by atoms with E-state index in [9.17, 15) is 8.42 Å². The molecule has 0 spiro atoms. The van der Waals surface area contributed by atoms with Crippen LogP contribution in [0.15, 0.2) is 42.7 Å². The van der Waals surface area contributed by atoms with Crippen LogP contribution in [0.4, 0.5) is 0 Å². The standard InChI is InChI=1S/C17H23N3O2S/c1-15-14-23(21,22)11-5-9-19(15)13-17-18-8-10-20(17)12-16-6-3-2-4-7-16/h2-4,6-8,10,15H,5,9,11-14H2,1H3. The van der Waals surface area contributed by atoms with Gasteiger partial charge in [-0.2, -0.15) is 0 Å². The van der Waals surface area contributed by atoms with E-state index in [1.54, 1.807) is 0 Å². The number of aromatic nitrogens is 2. The zero-order valence-corrected chi connectivity index (χ0v) is 14.2. The first-order valence-electron chi connectivity index (χ1n) is 8.02. The van der Waals surface area contributed by atoms with E-state index < -0.39 is 9.84 Å². The SMILES string of the molecule is CC1CS(=O)(=O)CCCN1Cc1nccn1Cc1ccccc1. The Hall–Kier alpha value is -1.66. The third-order valence-electron chi connectivity index (χ3n) is 4.36. The van der Waals surface area contributed by atoms with Crippen LogP contribution in [0, 0.1) is 0 Å². The molecule has 1 atom stereocenters. The molecule has 1 saturated heterocycles. The highest BCUT2D eigenvalue weighted by Crippen LogP contribution is 2.15. The van der Waals surface area contributed by atoms with E-state index in [1.807, 2.05) is 37.5 Å². The Kier molecular flexibility index (Phi) is 4.82. The molecule has 6 heteroatoms.